The summed E-state index contributed by atoms with van der Waals surface area (Å²) in [6, 6.07) is 4.88. The Morgan fingerprint density at radius 1 is 1.12 bits per heavy atom. The molecule has 6 heteroatoms. The Bertz CT molecular complexity index is 550. The molecule has 0 spiro atoms. The second-order valence-corrected chi connectivity index (χ2v) is 6.42. The Morgan fingerprint density at radius 3 is 2.48 bits per heavy atom. The summed E-state index contributed by atoms with van der Waals surface area (Å²) in [4.78, 5) is 12.2. The van der Waals surface area contributed by atoms with Crippen molar-refractivity contribution in [2.24, 2.45) is 0 Å². The van der Waals surface area contributed by atoms with Gasteiger partial charge in [-0.2, -0.15) is 0 Å². The van der Waals surface area contributed by atoms with Crippen LogP contribution < -0.4 is 20.1 Å². The van der Waals surface area contributed by atoms with E-state index in [1.54, 1.807) is 12.1 Å². The second kappa shape index (κ2) is 10.1. The minimum Gasteiger partial charge on any atom is -0.490 e. The van der Waals surface area contributed by atoms with E-state index in [-0.39, 0.29) is 12.1 Å². The number of ether oxygens (including phenoxy) is 2. The molecule has 6 nitrogen and oxygen atoms in total. The number of amides is 2. The number of urea groups is 1. The number of rotatable bonds is 8. The van der Waals surface area contributed by atoms with Crippen LogP contribution in [-0.4, -0.2) is 36.5 Å². The van der Waals surface area contributed by atoms with Crippen LogP contribution in [0.4, 0.5) is 10.5 Å². The summed E-state index contributed by atoms with van der Waals surface area (Å²) >= 11 is 0. The molecule has 0 heterocycles. The third kappa shape index (κ3) is 6.12. The molecule has 140 valence electrons. The first kappa shape index (κ1) is 19.4. The molecule has 1 aromatic rings. The quantitative estimate of drug-likeness (QED) is 0.668. The first-order valence-corrected chi connectivity index (χ1v) is 9.29. The van der Waals surface area contributed by atoms with Crippen molar-refractivity contribution in [2.45, 2.75) is 64.5 Å². The van der Waals surface area contributed by atoms with Crippen LogP contribution in [0.1, 0.15) is 52.4 Å². The van der Waals surface area contributed by atoms with Crippen molar-refractivity contribution >= 4 is 11.7 Å². The van der Waals surface area contributed by atoms with E-state index in [1.165, 1.54) is 0 Å². The molecule has 0 saturated heterocycles. The lowest BCUT2D eigenvalue weighted by atomic mass is 9.93. The molecule has 1 aliphatic rings. The number of aliphatic hydroxyl groups excluding tert-OH is 1. The van der Waals surface area contributed by atoms with Gasteiger partial charge in [-0.05, 0) is 37.8 Å². The van der Waals surface area contributed by atoms with Crippen LogP contribution in [0.25, 0.3) is 0 Å². The minimum atomic E-state index is -0.465. The molecule has 0 aliphatic heterocycles. The number of nitrogens with one attached hydrogen (secondary N) is 2. The highest BCUT2D eigenvalue weighted by Crippen LogP contribution is 2.31. The lowest BCUT2D eigenvalue weighted by Crippen LogP contribution is -2.46. The van der Waals surface area contributed by atoms with Crippen LogP contribution in [0.5, 0.6) is 11.5 Å². The summed E-state index contributed by atoms with van der Waals surface area (Å²) in [5.74, 6) is 1.31. The monoisotopic (exact) mass is 350 g/mol. The topological polar surface area (TPSA) is 79.8 Å². The Hall–Kier alpha value is -1.95. The minimum absolute atomic E-state index is 0.184. The maximum Gasteiger partial charge on any atom is 0.319 e. The van der Waals surface area contributed by atoms with E-state index < -0.39 is 6.10 Å². The predicted octanol–water partition coefficient (Wildman–Crippen LogP) is 3.69. The van der Waals surface area contributed by atoms with Crippen LogP contribution >= 0.6 is 0 Å². The van der Waals surface area contributed by atoms with Gasteiger partial charge in [-0.1, -0.05) is 26.7 Å². The van der Waals surface area contributed by atoms with E-state index in [0.717, 1.165) is 38.5 Å². The number of anilines is 1. The van der Waals surface area contributed by atoms with Gasteiger partial charge in [0.25, 0.3) is 0 Å². The van der Waals surface area contributed by atoms with E-state index in [2.05, 4.69) is 10.6 Å². The van der Waals surface area contributed by atoms with Crippen LogP contribution in [-0.2, 0) is 0 Å². The normalized spacial score (nSPS) is 20.0. The fraction of sp³-hybridized carbons (Fsp3) is 0.632. The number of hydrogen-bond acceptors (Lipinski definition) is 4. The second-order valence-electron chi connectivity index (χ2n) is 6.42. The van der Waals surface area contributed by atoms with Crippen LogP contribution in [0.3, 0.4) is 0 Å². The predicted molar refractivity (Wildman–Crippen MR) is 98.4 cm³/mol. The molecule has 1 aliphatic carbocycles. The van der Waals surface area contributed by atoms with Crippen molar-refractivity contribution in [1.82, 2.24) is 5.32 Å². The number of benzene rings is 1. The van der Waals surface area contributed by atoms with Crippen molar-refractivity contribution < 1.29 is 19.4 Å². The number of aliphatic hydroxyl groups is 1. The van der Waals surface area contributed by atoms with Gasteiger partial charge in [-0.3, -0.25) is 0 Å². The van der Waals surface area contributed by atoms with E-state index in [0.29, 0.717) is 30.4 Å². The summed E-state index contributed by atoms with van der Waals surface area (Å²) in [6.07, 6.45) is 4.93. The summed E-state index contributed by atoms with van der Waals surface area (Å²) in [6.45, 7) is 5.30. The molecule has 2 atom stereocenters. The standard InChI is InChI=1S/C19H30N2O4/c1-3-11-24-17-10-9-14(13-18(17)25-12-4-2)20-19(23)21-15-7-5-6-8-16(15)22/h9-10,13,15-16,22H,3-8,11-12H2,1-2H3,(H2,20,21,23). The van der Waals surface area contributed by atoms with Gasteiger partial charge in [0.15, 0.2) is 11.5 Å². The zero-order valence-electron chi connectivity index (χ0n) is 15.2. The Labute approximate surface area is 149 Å². The maximum atomic E-state index is 12.2. The molecule has 2 rings (SSSR count). The molecule has 25 heavy (non-hydrogen) atoms. The number of carbonyl (C=O) groups is 1. The van der Waals surface area contributed by atoms with E-state index in [4.69, 9.17) is 9.47 Å². The van der Waals surface area contributed by atoms with Gasteiger partial charge in [-0.15, -0.1) is 0 Å². The van der Waals surface area contributed by atoms with Crippen LogP contribution in [0.15, 0.2) is 18.2 Å². The average Bonchev–Trinajstić information content (AvgIpc) is 2.61. The molecule has 3 N–H and O–H groups in total. The summed E-state index contributed by atoms with van der Waals surface area (Å²) in [5, 5.41) is 15.6. The summed E-state index contributed by atoms with van der Waals surface area (Å²) in [7, 11) is 0. The molecule has 1 aromatic carbocycles. The Morgan fingerprint density at radius 2 is 1.80 bits per heavy atom. The molecule has 2 unspecified atom stereocenters. The van der Waals surface area contributed by atoms with Gasteiger partial charge in [-0.25, -0.2) is 4.79 Å². The van der Waals surface area contributed by atoms with E-state index in [9.17, 15) is 9.90 Å². The van der Waals surface area contributed by atoms with Crippen molar-refractivity contribution in [2.75, 3.05) is 18.5 Å². The lowest BCUT2D eigenvalue weighted by molar-refractivity contribution is 0.0955. The third-order valence-corrected chi connectivity index (χ3v) is 4.17. The molecular weight excluding hydrogens is 320 g/mol. The van der Waals surface area contributed by atoms with Gasteiger partial charge in [0.05, 0.1) is 25.4 Å². The molecule has 1 fully saturated rings. The fourth-order valence-corrected chi connectivity index (χ4v) is 2.86. The lowest BCUT2D eigenvalue weighted by Gasteiger charge is -2.28. The van der Waals surface area contributed by atoms with Gasteiger partial charge < -0.3 is 25.2 Å². The van der Waals surface area contributed by atoms with Gasteiger partial charge in [0.1, 0.15) is 0 Å². The Kier molecular flexibility index (Phi) is 7.85. The van der Waals surface area contributed by atoms with Crippen LogP contribution in [0.2, 0.25) is 0 Å². The SMILES string of the molecule is CCCOc1ccc(NC(=O)NC2CCCCC2O)cc1OCCC. The zero-order chi connectivity index (χ0) is 18.1. The van der Waals surface area contributed by atoms with Gasteiger partial charge >= 0.3 is 6.03 Å². The summed E-state index contributed by atoms with van der Waals surface area (Å²) in [5.41, 5.74) is 0.637. The van der Waals surface area contributed by atoms with E-state index in [1.807, 2.05) is 19.9 Å². The molecule has 2 amide bonds. The van der Waals surface area contributed by atoms with E-state index >= 15 is 0 Å². The highest BCUT2D eigenvalue weighted by atomic mass is 16.5. The summed E-state index contributed by atoms with van der Waals surface area (Å²) < 4.78 is 11.4. The highest BCUT2D eigenvalue weighted by Gasteiger charge is 2.24. The smallest absolute Gasteiger partial charge is 0.319 e. The van der Waals surface area contributed by atoms with Crippen molar-refractivity contribution in [3.63, 3.8) is 0 Å². The highest BCUT2D eigenvalue weighted by molar-refractivity contribution is 5.89. The molecule has 1 saturated carbocycles. The molecule has 0 radical (unpaired) electrons. The van der Waals surface area contributed by atoms with Crippen molar-refractivity contribution in [3.05, 3.63) is 18.2 Å². The van der Waals surface area contributed by atoms with Gasteiger partial charge in [0.2, 0.25) is 0 Å². The Balaban J connectivity index is 1.98. The number of carbonyl (C=O) groups excluding carboxylic acids is 1. The zero-order valence-corrected chi connectivity index (χ0v) is 15.2. The average molecular weight is 350 g/mol. The first-order chi connectivity index (χ1) is 12.1. The molecular formula is C19H30N2O4. The van der Waals surface area contributed by atoms with Crippen molar-refractivity contribution in [3.8, 4) is 11.5 Å². The maximum absolute atomic E-state index is 12.2. The largest absolute Gasteiger partial charge is 0.490 e. The fourth-order valence-electron chi connectivity index (χ4n) is 2.86. The van der Waals surface area contributed by atoms with Gasteiger partial charge in [0, 0.05) is 11.8 Å². The van der Waals surface area contributed by atoms with Crippen molar-refractivity contribution in [1.29, 1.82) is 0 Å². The number of hydrogen-bond donors (Lipinski definition) is 3. The molecule has 0 bridgehead atoms. The van der Waals surface area contributed by atoms with Crippen LogP contribution in [0, 0.1) is 0 Å². The third-order valence-electron chi connectivity index (χ3n) is 4.17. The first-order valence-electron chi connectivity index (χ1n) is 9.29. The molecule has 0 aromatic heterocycles.